The van der Waals surface area contributed by atoms with E-state index in [9.17, 15) is 4.79 Å². The van der Waals surface area contributed by atoms with Gasteiger partial charge in [-0.25, -0.2) is 5.43 Å². The highest BCUT2D eigenvalue weighted by Gasteiger charge is 2.13. The Labute approximate surface area is 211 Å². The van der Waals surface area contributed by atoms with E-state index in [1.807, 2.05) is 43.3 Å². The lowest BCUT2D eigenvalue weighted by molar-refractivity contribution is 0.0955. The fourth-order valence-electron chi connectivity index (χ4n) is 3.55. The first-order valence-corrected chi connectivity index (χ1v) is 11.7. The van der Waals surface area contributed by atoms with E-state index in [-0.39, 0.29) is 5.91 Å². The minimum Gasteiger partial charge on any atom is -0.493 e. The molecule has 5 nitrogen and oxygen atoms in total. The maximum absolute atomic E-state index is 12.4. The molecular formula is C27H22BrClN2O3. The molecule has 0 atom stereocenters. The molecule has 0 fully saturated rings. The molecule has 0 saturated carbocycles. The third-order valence-corrected chi connectivity index (χ3v) is 6.15. The quantitative estimate of drug-likeness (QED) is 0.206. The van der Waals surface area contributed by atoms with E-state index in [0.29, 0.717) is 33.2 Å². The highest BCUT2D eigenvalue weighted by Crippen LogP contribution is 2.37. The Kier molecular flexibility index (Phi) is 7.50. The van der Waals surface area contributed by atoms with E-state index in [4.69, 9.17) is 21.1 Å². The van der Waals surface area contributed by atoms with Crippen molar-refractivity contribution < 1.29 is 14.3 Å². The second-order valence-electron chi connectivity index (χ2n) is 7.64. The zero-order valence-corrected chi connectivity index (χ0v) is 21.0. The third-order valence-electron chi connectivity index (χ3n) is 5.25. The van der Waals surface area contributed by atoms with Crippen LogP contribution >= 0.6 is 27.5 Å². The van der Waals surface area contributed by atoms with Crippen molar-refractivity contribution in [3.05, 3.63) is 105 Å². The smallest absolute Gasteiger partial charge is 0.272 e. The summed E-state index contributed by atoms with van der Waals surface area (Å²) >= 11 is 9.72. The summed E-state index contributed by atoms with van der Waals surface area (Å²) < 4.78 is 12.4. The fraction of sp³-hybridized carbons (Fsp3) is 0.111. The highest BCUT2D eigenvalue weighted by molar-refractivity contribution is 9.10. The average molecular weight is 538 g/mol. The van der Waals surface area contributed by atoms with Gasteiger partial charge < -0.3 is 9.47 Å². The molecular weight excluding hydrogens is 516 g/mol. The SMILES string of the molecule is COc1cc(/C=N\NC(=O)c2ccc(C)cc2Cl)cc(Br)c1OCc1cccc2ccccc12. The van der Waals surface area contributed by atoms with Crippen molar-refractivity contribution in [3.8, 4) is 11.5 Å². The van der Waals surface area contributed by atoms with E-state index >= 15 is 0 Å². The number of hydrogen-bond acceptors (Lipinski definition) is 4. The van der Waals surface area contributed by atoms with Gasteiger partial charge in [0.15, 0.2) is 11.5 Å². The molecule has 34 heavy (non-hydrogen) atoms. The van der Waals surface area contributed by atoms with Crippen LogP contribution in [0.25, 0.3) is 10.8 Å². The monoisotopic (exact) mass is 536 g/mol. The van der Waals surface area contributed by atoms with Crippen molar-refractivity contribution in [1.29, 1.82) is 0 Å². The third kappa shape index (κ3) is 5.41. The molecule has 0 aliphatic carbocycles. The normalized spacial score (nSPS) is 11.1. The maximum atomic E-state index is 12.4. The van der Waals surface area contributed by atoms with Crippen molar-refractivity contribution in [2.45, 2.75) is 13.5 Å². The van der Waals surface area contributed by atoms with Crippen LogP contribution < -0.4 is 14.9 Å². The maximum Gasteiger partial charge on any atom is 0.272 e. The summed E-state index contributed by atoms with van der Waals surface area (Å²) in [5.41, 5.74) is 5.64. The molecule has 4 aromatic carbocycles. The van der Waals surface area contributed by atoms with E-state index in [2.05, 4.69) is 44.7 Å². The van der Waals surface area contributed by atoms with Gasteiger partial charge in [0.2, 0.25) is 0 Å². The van der Waals surface area contributed by atoms with Crippen molar-refractivity contribution in [1.82, 2.24) is 5.43 Å². The molecule has 0 bridgehead atoms. The minimum atomic E-state index is -0.387. The number of methoxy groups -OCH3 is 1. The molecule has 1 N–H and O–H groups in total. The predicted molar refractivity (Wildman–Crippen MR) is 140 cm³/mol. The van der Waals surface area contributed by atoms with Crippen LogP contribution in [0.15, 0.2) is 82.4 Å². The molecule has 0 aliphatic rings. The summed E-state index contributed by atoms with van der Waals surface area (Å²) in [6, 6.07) is 23.2. The first-order valence-electron chi connectivity index (χ1n) is 10.5. The first kappa shape index (κ1) is 23.8. The zero-order valence-electron chi connectivity index (χ0n) is 18.6. The van der Waals surface area contributed by atoms with Crippen LogP contribution in [0.5, 0.6) is 11.5 Å². The van der Waals surface area contributed by atoms with Gasteiger partial charge in [0.1, 0.15) is 6.61 Å². The number of amides is 1. The van der Waals surface area contributed by atoms with E-state index in [0.717, 1.165) is 27.5 Å². The van der Waals surface area contributed by atoms with Crippen LogP contribution in [0.3, 0.4) is 0 Å². The number of hydrazone groups is 1. The second-order valence-corrected chi connectivity index (χ2v) is 8.91. The largest absolute Gasteiger partial charge is 0.493 e. The summed E-state index contributed by atoms with van der Waals surface area (Å²) in [4.78, 5) is 12.4. The van der Waals surface area contributed by atoms with Gasteiger partial charge in [-0.1, -0.05) is 60.1 Å². The van der Waals surface area contributed by atoms with Gasteiger partial charge in [0, 0.05) is 0 Å². The molecule has 0 aliphatic heterocycles. The van der Waals surface area contributed by atoms with Crippen molar-refractivity contribution in [2.24, 2.45) is 5.10 Å². The number of carbonyl (C=O) groups excluding carboxylic acids is 1. The van der Waals surface area contributed by atoms with Gasteiger partial charge in [0.05, 0.1) is 28.4 Å². The number of carbonyl (C=O) groups is 1. The minimum absolute atomic E-state index is 0.361. The summed E-state index contributed by atoms with van der Waals surface area (Å²) in [6.07, 6.45) is 1.53. The molecule has 1 amide bonds. The highest BCUT2D eigenvalue weighted by atomic mass is 79.9. The molecule has 172 valence electrons. The number of hydrogen-bond donors (Lipinski definition) is 1. The van der Waals surface area contributed by atoms with Gasteiger partial charge in [-0.05, 0) is 74.6 Å². The van der Waals surface area contributed by atoms with Crippen LogP contribution in [0.2, 0.25) is 5.02 Å². The van der Waals surface area contributed by atoms with Crippen LogP contribution in [-0.4, -0.2) is 19.2 Å². The summed E-state index contributed by atoms with van der Waals surface area (Å²) in [5.74, 6) is 0.745. The molecule has 0 spiro atoms. The van der Waals surface area contributed by atoms with Gasteiger partial charge >= 0.3 is 0 Å². The van der Waals surface area contributed by atoms with Gasteiger partial charge in [-0.15, -0.1) is 0 Å². The number of halogens is 2. The van der Waals surface area contributed by atoms with Crippen LogP contribution in [0.4, 0.5) is 0 Å². The molecule has 0 radical (unpaired) electrons. The zero-order chi connectivity index (χ0) is 24.1. The van der Waals surface area contributed by atoms with E-state index in [1.165, 1.54) is 6.21 Å². The average Bonchev–Trinajstić information content (AvgIpc) is 2.83. The molecule has 0 heterocycles. The molecule has 4 rings (SSSR count). The number of rotatable bonds is 7. The van der Waals surface area contributed by atoms with Crippen molar-refractivity contribution in [2.75, 3.05) is 7.11 Å². The molecule has 4 aromatic rings. The molecule has 0 saturated heterocycles. The molecule has 0 aromatic heterocycles. The number of nitrogens with one attached hydrogen (secondary N) is 1. The summed E-state index contributed by atoms with van der Waals surface area (Å²) in [5, 5.41) is 6.74. The summed E-state index contributed by atoms with van der Waals surface area (Å²) in [7, 11) is 1.58. The molecule has 0 unspecified atom stereocenters. The van der Waals surface area contributed by atoms with E-state index in [1.54, 1.807) is 25.3 Å². The standard InChI is InChI=1S/C27H22BrClN2O3/c1-17-10-11-22(24(29)12-17)27(32)31-30-15-18-13-23(28)26(25(14-18)33-2)34-16-20-8-5-7-19-6-3-4-9-21(19)20/h3-15H,16H2,1-2H3,(H,31,32)/b30-15-. The Hall–Kier alpha value is -3.35. The number of nitrogens with zero attached hydrogens (tertiary/aromatic N) is 1. The Morgan fingerprint density at radius 3 is 2.68 bits per heavy atom. The van der Waals surface area contributed by atoms with E-state index < -0.39 is 0 Å². The Balaban J connectivity index is 1.48. The van der Waals surface area contributed by atoms with Crippen LogP contribution in [0.1, 0.15) is 27.0 Å². The number of fused-ring (bicyclic) bond motifs is 1. The lowest BCUT2D eigenvalue weighted by Crippen LogP contribution is -2.18. The van der Waals surface area contributed by atoms with Gasteiger partial charge in [-0.3, -0.25) is 4.79 Å². The fourth-order valence-corrected chi connectivity index (χ4v) is 4.45. The summed E-state index contributed by atoms with van der Waals surface area (Å²) in [6.45, 7) is 2.30. The van der Waals surface area contributed by atoms with Gasteiger partial charge in [-0.2, -0.15) is 5.10 Å². The molecule has 7 heteroatoms. The van der Waals surface area contributed by atoms with Crippen molar-refractivity contribution in [3.63, 3.8) is 0 Å². The number of benzene rings is 4. The van der Waals surface area contributed by atoms with Gasteiger partial charge in [0.25, 0.3) is 5.91 Å². The number of aryl methyl sites for hydroxylation is 1. The lowest BCUT2D eigenvalue weighted by Gasteiger charge is -2.14. The van der Waals surface area contributed by atoms with Crippen LogP contribution in [0, 0.1) is 6.92 Å². The first-order chi connectivity index (χ1) is 16.5. The second kappa shape index (κ2) is 10.7. The van der Waals surface area contributed by atoms with Crippen LogP contribution in [-0.2, 0) is 6.61 Å². The van der Waals surface area contributed by atoms with Crippen molar-refractivity contribution >= 4 is 50.4 Å². The Morgan fingerprint density at radius 1 is 1.09 bits per heavy atom. The Bertz CT molecular complexity index is 1380. The lowest BCUT2D eigenvalue weighted by atomic mass is 10.1. The topological polar surface area (TPSA) is 59.9 Å². The Morgan fingerprint density at radius 2 is 1.88 bits per heavy atom. The predicted octanol–water partition coefficient (Wildman–Crippen LogP) is 6.92. The number of ether oxygens (including phenoxy) is 2.